The molecule has 34 heavy (non-hydrogen) atoms. The van der Waals surface area contributed by atoms with Gasteiger partial charge in [-0.15, -0.1) is 0 Å². The van der Waals surface area contributed by atoms with Gasteiger partial charge in [0, 0.05) is 29.6 Å². The van der Waals surface area contributed by atoms with Crippen molar-refractivity contribution in [3.63, 3.8) is 0 Å². The summed E-state index contributed by atoms with van der Waals surface area (Å²) in [6, 6.07) is 7.09. The third kappa shape index (κ3) is 3.79. The second-order valence-corrected chi connectivity index (χ2v) is 10.2. The van der Waals surface area contributed by atoms with E-state index in [1.165, 1.54) is 7.11 Å². The highest BCUT2D eigenvalue weighted by Crippen LogP contribution is 2.46. The van der Waals surface area contributed by atoms with Gasteiger partial charge in [0.05, 0.1) is 17.6 Å². The summed E-state index contributed by atoms with van der Waals surface area (Å²) in [5.41, 5.74) is 3.76. The largest absolute Gasteiger partial charge is 0.496 e. The SMILES string of the molecule is CCN1C(=O)CC(C)(C)c2cc(C)c(-c3c(OC)ccc(/C(C)=C4\SC(=O)NC4=O)c3F)cc21. The quantitative estimate of drug-likeness (QED) is 0.578. The van der Waals surface area contributed by atoms with Crippen LogP contribution in [0, 0.1) is 12.7 Å². The third-order valence-corrected chi connectivity index (χ3v) is 7.51. The first-order chi connectivity index (χ1) is 16.0. The molecule has 2 aliphatic heterocycles. The van der Waals surface area contributed by atoms with Crippen molar-refractivity contribution >= 4 is 40.1 Å². The average molecular weight is 483 g/mol. The Morgan fingerprint density at radius 3 is 2.53 bits per heavy atom. The number of hydrogen-bond acceptors (Lipinski definition) is 5. The van der Waals surface area contributed by atoms with Crippen LogP contribution in [0.25, 0.3) is 16.7 Å². The van der Waals surface area contributed by atoms with E-state index in [0.717, 1.165) is 28.6 Å². The Balaban J connectivity index is 1.97. The first-order valence-corrected chi connectivity index (χ1v) is 11.9. The van der Waals surface area contributed by atoms with Gasteiger partial charge in [0.2, 0.25) is 5.91 Å². The number of rotatable bonds is 4. The van der Waals surface area contributed by atoms with E-state index in [1.54, 1.807) is 24.0 Å². The Labute approximate surface area is 202 Å². The first kappa shape index (κ1) is 24.0. The summed E-state index contributed by atoms with van der Waals surface area (Å²) in [6.45, 7) is 10.0. The van der Waals surface area contributed by atoms with Gasteiger partial charge < -0.3 is 9.64 Å². The van der Waals surface area contributed by atoms with E-state index in [0.29, 0.717) is 29.9 Å². The van der Waals surface area contributed by atoms with Gasteiger partial charge >= 0.3 is 0 Å². The van der Waals surface area contributed by atoms with Crippen LogP contribution in [0.5, 0.6) is 5.75 Å². The fraction of sp³-hybridized carbons (Fsp3) is 0.346. The molecular formula is C26H27FN2O4S. The number of aryl methyl sites for hydroxylation is 1. The number of carbonyl (C=O) groups is 3. The Kier molecular flexibility index (Phi) is 6.06. The molecule has 0 unspecified atom stereocenters. The highest BCUT2D eigenvalue weighted by Gasteiger charge is 2.37. The normalized spacial score (nSPS) is 18.7. The molecule has 1 N–H and O–H groups in total. The van der Waals surface area contributed by atoms with Gasteiger partial charge in [0.15, 0.2) is 0 Å². The Morgan fingerprint density at radius 1 is 1.24 bits per heavy atom. The molecule has 0 spiro atoms. The molecule has 0 aliphatic carbocycles. The number of hydrogen-bond donors (Lipinski definition) is 1. The van der Waals surface area contributed by atoms with Crippen LogP contribution in [0.15, 0.2) is 29.2 Å². The maximum absolute atomic E-state index is 16.1. The summed E-state index contributed by atoms with van der Waals surface area (Å²) in [5.74, 6) is -0.713. The third-order valence-electron chi connectivity index (χ3n) is 6.53. The molecule has 1 fully saturated rings. The summed E-state index contributed by atoms with van der Waals surface area (Å²) in [7, 11) is 1.47. The predicted molar refractivity (Wildman–Crippen MR) is 133 cm³/mol. The molecule has 178 valence electrons. The Hall–Kier alpha value is -3.13. The standard InChI is InChI=1S/C26H27FN2O4S/c1-7-29-18-11-16(13(2)10-17(18)26(4,5)12-20(29)30)21-19(33-6)9-8-15(22(21)27)14(3)23-24(31)28-25(32)34-23/h8-11H,7,12H2,1-6H3,(H,28,31,32)/b23-14-. The second kappa shape index (κ2) is 8.58. The van der Waals surface area contributed by atoms with Crippen molar-refractivity contribution in [2.75, 3.05) is 18.6 Å². The Bertz CT molecular complexity index is 1280. The fourth-order valence-corrected chi connectivity index (χ4v) is 5.47. The average Bonchev–Trinajstić information content (AvgIpc) is 3.11. The van der Waals surface area contributed by atoms with Crippen LogP contribution in [-0.2, 0) is 15.0 Å². The van der Waals surface area contributed by atoms with Gasteiger partial charge in [-0.3, -0.25) is 19.7 Å². The number of fused-ring (bicyclic) bond motifs is 1. The molecule has 8 heteroatoms. The van der Waals surface area contributed by atoms with Crippen molar-refractivity contribution in [3.8, 4) is 16.9 Å². The number of methoxy groups -OCH3 is 1. The number of thioether (sulfide) groups is 1. The van der Waals surface area contributed by atoms with Crippen LogP contribution in [-0.4, -0.2) is 30.7 Å². The van der Waals surface area contributed by atoms with E-state index in [2.05, 4.69) is 5.32 Å². The highest BCUT2D eigenvalue weighted by molar-refractivity contribution is 8.18. The van der Waals surface area contributed by atoms with Crippen molar-refractivity contribution in [3.05, 3.63) is 51.7 Å². The topological polar surface area (TPSA) is 75.7 Å². The first-order valence-electron chi connectivity index (χ1n) is 11.1. The number of nitrogens with one attached hydrogen (secondary N) is 1. The van der Waals surface area contributed by atoms with E-state index < -0.39 is 17.0 Å². The van der Waals surface area contributed by atoms with Crippen LogP contribution in [0.3, 0.4) is 0 Å². The molecular weight excluding hydrogens is 455 g/mol. The molecule has 6 nitrogen and oxygen atoms in total. The van der Waals surface area contributed by atoms with Crippen LogP contribution in [0.1, 0.15) is 50.8 Å². The maximum atomic E-state index is 16.1. The number of halogens is 1. The maximum Gasteiger partial charge on any atom is 0.290 e. The molecule has 3 amide bonds. The molecule has 0 aromatic heterocycles. The van der Waals surface area contributed by atoms with Crippen molar-refractivity contribution in [2.45, 2.75) is 46.5 Å². The lowest BCUT2D eigenvalue weighted by atomic mass is 9.75. The smallest absolute Gasteiger partial charge is 0.290 e. The zero-order valence-electron chi connectivity index (χ0n) is 20.1. The highest BCUT2D eigenvalue weighted by atomic mass is 32.2. The number of anilines is 1. The van der Waals surface area contributed by atoms with E-state index >= 15 is 4.39 Å². The van der Waals surface area contributed by atoms with Crippen LogP contribution in [0.4, 0.5) is 14.9 Å². The van der Waals surface area contributed by atoms with E-state index in [9.17, 15) is 14.4 Å². The number of amides is 3. The number of ether oxygens (including phenoxy) is 1. The molecule has 0 bridgehead atoms. The summed E-state index contributed by atoms with van der Waals surface area (Å²) >= 11 is 0.760. The number of carbonyl (C=O) groups excluding carboxylic acids is 3. The van der Waals surface area contributed by atoms with Gasteiger partial charge in [-0.1, -0.05) is 19.9 Å². The van der Waals surface area contributed by atoms with E-state index in [1.807, 2.05) is 39.8 Å². The molecule has 4 rings (SSSR count). The van der Waals surface area contributed by atoms with Gasteiger partial charge in [-0.25, -0.2) is 4.39 Å². The van der Waals surface area contributed by atoms with Crippen molar-refractivity contribution in [1.82, 2.24) is 5.32 Å². The van der Waals surface area contributed by atoms with Crippen molar-refractivity contribution in [1.29, 1.82) is 0 Å². The van der Waals surface area contributed by atoms with E-state index in [-0.39, 0.29) is 27.4 Å². The summed E-state index contributed by atoms with van der Waals surface area (Å²) in [6.07, 6.45) is 0.408. The fourth-order valence-electron chi connectivity index (χ4n) is 4.73. The molecule has 0 radical (unpaired) electrons. The predicted octanol–water partition coefficient (Wildman–Crippen LogP) is 5.56. The molecule has 2 aromatic rings. The molecule has 2 heterocycles. The van der Waals surface area contributed by atoms with E-state index in [4.69, 9.17) is 4.74 Å². The minimum atomic E-state index is -0.551. The number of nitrogens with zero attached hydrogens (tertiary/aromatic N) is 1. The lowest BCUT2D eigenvalue weighted by Gasteiger charge is -2.39. The molecule has 0 atom stereocenters. The summed E-state index contributed by atoms with van der Waals surface area (Å²) < 4.78 is 21.7. The number of allylic oxidation sites excluding steroid dienone is 1. The van der Waals surface area contributed by atoms with Crippen LogP contribution >= 0.6 is 11.8 Å². The zero-order chi connectivity index (χ0) is 24.9. The van der Waals surface area contributed by atoms with Gasteiger partial charge in [0.1, 0.15) is 11.6 Å². The van der Waals surface area contributed by atoms with Crippen molar-refractivity contribution < 1.29 is 23.5 Å². The molecule has 1 saturated heterocycles. The lowest BCUT2D eigenvalue weighted by Crippen LogP contribution is -2.41. The van der Waals surface area contributed by atoms with Gasteiger partial charge in [-0.2, -0.15) is 0 Å². The van der Waals surface area contributed by atoms with Crippen LogP contribution in [0.2, 0.25) is 0 Å². The van der Waals surface area contributed by atoms with Crippen LogP contribution < -0.4 is 15.0 Å². The Morgan fingerprint density at radius 2 is 1.94 bits per heavy atom. The van der Waals surface area contributed by atoms with Crippen molar-refractivity contribution in [2.24, 2.45) is 0 Å². The lowest BCUT2D eigenvalue weighted by molar-refractivity contribution is -0.120. The minimum absolute atomic E-state index is 0.0329. The molecule has 2 aliphatic rings. The summed E-state index contributed by atoms with van der Waals surface area (Å²) in [5, 5.41) is 1.73. The van der Waals surface area contributed by atoms with Gasteiger partial charge in [-0.05, 0) is 73.0 Å². The molecule has 2 aromatic carbocycles. The zero-order valence-corrected chi connectivity index (χ0v) is 20.9. The minimum Gasteiger partial charge on any atom is -0.496 e. The summed E-state index contributed by atoms with van der Waals surface area (Å²) in [4.78, 5) is 38.5. The van der Waals surface area contributed by atoms with Gasteiger partial charge in [0.25, 0.3) is 11.1 Å². The monoisotopic (exact) mass is 482 g/mol. The molecule has 0 saturated carbocycles. The number of imide groups is 1. The second-order valence-electron chi connectivity index (χ2n) is 9.19. The number of benzene rings is 2.